The Morgan fingerprint density at radius 1 is 1.60 bits per heavy atom. The van der Waals surface area contributed by atoms with Gasteiger partial charge in [-0.25, -0.2) is 0 Å². The van der Waals surface area contributed by atoms with Crippen molar-refractivity contribution in [3.63, 3.8) is 0 Å². The lowest BCUT2D eigenvalue weighted by Gasteiger charge is -2.28. The third-order valence-electron chi connectivity index (χ3n) is 2.51. The van der Waals surface area contributed by atoms with E-state index in [2.05, 4.69) is 5.32 Å². The van der Waals surface area contributed by atoms with Crippen molar-refractivity contribution in [3.05, 3.63) is 32.8 Å². The van der Waals surface area contributed by atoms with E-state index in [1.807, 2.05) is 0 Å². The van der Waals surface area contributed by atoms with Crippen LogP contribution in [-0.4, -0.2) is 16.6 Å². The molecule has 6 heteroatoms. The van der Waals surface area contributed by atoms with Gasteiger partial charge in [-0.15, -0.1) is 0 Å². The van der Waals surface area contributed by atoms with Crippen LogP contribution in [-0.2, 0) is 0 Å². The number of aromatic hydroxyl groups is 1. The molecule has 0 saturated carbocycles. The van der Waals surface area contributed by atoms with Crippen LogP contribution in [0.4, 0.5) is 5.69 Å². The Balaban J connectivity index is 2.54. The molecule has 1 aromatic rings. The van der Waals surface area contributed by atoms with Gasteiger partial charge in [0.15, 0.2) is 0 Å². The number of rotatable bonds is 2. The molecule has 1 aromatic carbocycles. The molecule has 0 bridgehead atoms. The first-order valence-corrected chi connectivity index (χ1v) is 4.88. The standard InChI is InChI=1S/C9H9ClN2O3/c10-5-1-2-7(12(14)15)8(9(5)13)6-3-4-11-6/h1-2,6,11,13H,3-4H2/t6-/m0/s1. The van der Waals surface area contributed by atoms with Crippen LogP contribution in [0.1, 0.15) is 18.0 Å². The number of hydrogen-bond donors (Lipinski definition) is 2. The minimum atomic E-state index is -0.509. The predicted molar refractivity (Wildman–Crippen MR) is 55.1 cm³/mol. The summed E-state index contributed by atoms with van der Waals surface area (Å²) in [5.41, 5.74) is 0.202. The van der Waals surface area contributed by atoms with Gasteiger partial charge in [-0.2, -0.15) is 0 Å². The van der Waals surface area contributed by atoms with E-state index in [1.54, 1.807) is 0 Å². The largest absolute Gasteiger partial charge is 0.506 e. The van der Waals surface area contributed by atoms with E-state index in [9.17, 15) is 15.2 Å². The number of phenolic OH excluding ortho intramolecular Hbond substituents is 1. The summed E-state index contributed by atoms with van der Waals surface area (Å²) in [6, 6.07) is 2.48. The zero-order valence-electron chi connectivity index (χ0n) is 7.74. The molecule has 1 aliphatic heterocycles. The number of halogens is 1. The summed E-state index contributed by atoms with van der Waals surface area (Å²) in [6.07, 6.45) is 0.773. The third kappa shape index (κ3) is 1.64. The van der Waals surface area contributed by atoms with E-state index >= 15 is 0 Å². The molecule has 1 aliphatic rings. The molecule has 1 saturated heterocycles. The summed E-state index contributed by atoms with van der Waals surface area (Å²) in [5, 5.41) is 23.6. The molecule has 15 heavy (non-hydrogen) atoms. The number of nitrogens with one attached hydrogen (secondary N) is 1. The summed E-state index contributed by atoms with van der Waals surface area (Å²) in [6.45, 7) is 0.799. The fraction of sp³-hybridized carbons (Fsp3) is 0.333. The van der Waals surface area contributed by atoms with Crippen molar-refractivity contribution >= 4 is 17.3 Å². The van der Waals surface area contributed by atoms with Crippen molar-refractivity contribution in [2.45, 2.75) is 12.5 Å². The molecule has 2 N–H and O–H groups in total. The Hall–Kier alpha value is -1.33. The molecule has 0 spiro atoms. The first-order chi connectivity index (χ1) is 7.11. The summed E-state index contributed by atoms with van der Waals surface area (Å²) >= 11 is 5.72. The quantitative estimate of drug-likeness (QED) is 0.600. The minimum absolute atomic E-state index is 0.0888. The van der Waals surface area contributed by atoms with Crippen LogP contribution in [0.15, 0.2) is 12.1 Å². The normalized spacial score (nSPS) is 19.7. The summed E-state index contributed by atoms with van der Waals surface area (Å²) in [4.78, 5) is 10.2. The van der Waals surface area contributed by atoms with E-state index in [0.29, 0.717) is 5.56 Å². The zero-order chi connectivity index (χ0) is 11.0. The number of nitro benzene ring substituents is 1. The Bertz CT molecular complexity index is 418. The maximum absolute atomic E-state index is 10.8. The Morgan fingerprint density at radius 2 is 2.27 bits per heavy atom. The number of phenols is 1. The third-order valence-corrected chi connectivity index (χ3v) is 2.82. The smallest absolute Gasteiger partial charge is 0.278 e. The highest BCUT2D eigenvalue weighted by Crippen LogP contribution is 2.41. The van der Waals surface area contributed by atoms with E-state index in [-0.39, 0.29) is 22.5 Å². The average molecular weight is 229 g/mol. The molecular formula is C9H9ClN2O3. The van der Waals surface area contributed by atoms with Crippen LogP contribution in [0.25, 0.3) is 0 Å². The lowest BCUT2D eigenvalue weighted by Crippen LogP contribution is -2.35. The Labute approximate surface area is 90.8 Å². The van der Waals surface area contributed by atoms with E-state index in [0.717, 1.165) is 13.0 Å². The number of nitrogens with zero attached hydrogens (tertiary/aromatic N) is 1. The SMILES string of the molecule is O=[N+]([O-])c1ccc(Cl)c(O)c1[C@@H]1CCN1. The molecule has 0 unspecified atom stereocenters. The van der Waals surface area contributed by atoms with Crippen LogP contribution in [0, 0.1) is 10.1 Å². The van der Waals surface area contributed by atoms with Gasteiger partial charge >= 0.3 is 0 Å². The second kappa shape index (κ2) is 3.67. The predicted octanol–water partition coefficient (Wildman–Crippen LogP) is 1.99. The first kappa shape index (κ1) is 10.2. The lowest BCUT2D eigenvalue weighted by atomic mass is 9.95. The van der Waals surface area contributed by atoms with Gasteiger partial charge in [-0.05, 0) is 19.0 Å². The first-order valence-electron chi connectivity index (χ1n) is 4.50. The van der Waals surface area contributed by atoms with Crippen molar-refractivity contribution in [2.24, 2.45) is 0 Å². The van der Waals surface area contributed by atoms with Crippen LogP contribution in [0.5, 0.6) is 5.75 Å². The van der Waals surface area contributed by atoms with E-state index in [1.165, 1.54) is 12.1 Å². The van der Waals surface area contributed by atoms with Crippen LogP contribution >= 0.6 is 11.6 Å². The maximum atomic E-state index is 10.8. The highest BCUT2D eigenvalue weighted by molar-refractivity contribution is 6.32. The summed E-state index contributed by atoms with van der Waals surface area (Å²) < 4.78 is 0. The molecule has 1 fully saturated rings. The van der Waals surface area contributed by atoms with E-state index < -0.39 is 4.92 Å². The van der Waals surface area contributed by atoms with Crippen molar-refractivity contribution in [1.29, 1.82) is 0 Å². The minimum Gasteiger partial charge on any atom is -0.506 e. The van der Waals surface area contributed by atoms with Crippen molar-refractivity contribution in [3.8, 4) is 5.75 Å². The Kier molecular flexibility index (Phi) is 2.50. The monoisotopic (exact) mass is 228 g/mol. The van der Waals surface area contributed by atoms with Gasteiger partial charge in [0.2, 0.25) is 0 Å². The molecule has 80 valence electrons. The second-order valence-corrected chi connectivity index (χ2v) is 3.79. The van der Waals surface area contributed by atoms with Crippen LogP contribution in [0.2, 0.25) is 5.02 Å². The molecule has 5 nitrogen and oxygen atoms in total. The topological polar surface area (TPSA) is 75.4 Å². The van der Waals surface area contributed by atoms with Gasteiger partial charge in [0.05, 0.1) is 15.5 Å². The van der Waals surface area contributed by atoms with Crippen LogP contribution < -0.4 is 5.32 Å². The van der Waals surface area contributed by atoms with Gasteiger partial charge in [-0.3, -0.25) is 10.1 Å². The van der Waals surface area contributed by atoms with Gasteiger partial charge in [0.1, 0.15) is 5.75 Å². The van der Waals surface area contributed by atoms with E-state index in [4.69, 9.17) is 11.6 Å². The molecule has 2 rings (SSSR count). The Morgan fingerprint density at radius 3 is 2.73 bits per heavy atom. The highest BCUT2D eigenvalue weighted by atomic mass is 35.5. The highest BCUT2D eigenvalue weighted by Gasteiger charge is 2.30. The van der Waals surface area contributed by atoms with Crippen LogP contribution in [0.3, 0.4) is 0 Å². The molecular weight excluding hydrogens is 220 g/mol. The molecule has 0 aromatic heterocycles. The van der Waals surface area contributed by atoms with Gasteiger partial charge in [0, 0.05) is 12.1 Å². The maximum Gasteiger partial charge on any atom is 0.278 e. The summed E-state index contributed by atoms with van der Waals surface area (Å²) in [7, 11) is 0. The van der Waals surface area contributed by atoms with Gasteiger partial charge < -0.3 is 10.4 Å². The van der Waals surface area contributed by atoms with Crippen molar-refractivity contribution in [1.82, 2.24) is 5.32 Å². The molecule has 1 heterocycles. The average Bonchev–Trinajstić information content (AvgIpc) is 2.09. The number of benzene rings is 1. The zero-order valence-corrected chi connectivity index (χ0v) is 8.49. The molecule has 0 aliphatic carbocycles. The van der Waals surface area contributed by atoms with Crippen molar-refractivity contribution in [2.75, 3.05) is 6.54 Å². The fourth-order valence-corrected chi connectivity index (χ4v) is 1.77. The lowest BCUT2D eigenvalue weighted by molar-refractivity contribution is -0.386. The molecule has 0 radical (unpaired) electrons. The number of hydrogen-bond acceptors (Lipinski definition) is 4. The van der Waals surface area contributed by atoms with Gasteiger partial charge in [0.25, 0.3) is 5.69 Å². The number of nitro groups is 1. The molecule has 1 atom stereocenters. The second-order valence-electron chi connectivity index (χ2n) is 3.38. The van der Waals surface area contributed by atoms with Gasteiger partial charge in [-0.1, -0.05) is 11.6 Å². The van der Waals surface area contributed by atoms with Crippen molar-refractivity contribution < 1.29 is 10.0 Å². The fourth-order valence-electron chi connectivity index (χ4n) is 1.61. The summed E-state index contributed by atoms with van der Waals surface area (Å²) in [5.74, 6) is -0.192. The molecule has 0 amide bonds.